The Labute approximate surface area is 245 Å². The predicted molar refractivity (Wildman–Crippen MR) is 164 cm³/mol. The number of piperazine rings is 1. The maximum Gasteiger partial charge on any atom is 0.275 e. The predicted octanol–water partition coefficient (Wildman–Crippen LogP) is 2.92. The Balaban J connectivity index is 0.983. The van der Waals surface area contributed by atoms with Crippen molar-refractivity contribution in [3.05, 3.63) is 59.0 Å². The topological polar surface area (TPSA) is 117 Å². The highest BCUT2D eigenvalue weighted by Gasteiger charge is 2.43. The summed E-state index contributed by atoms with van der Waals surface area (Å²) in [7, 11) is 0. The maximum atomic E-state index is 13.4. The van der Waals surface area contributed by atoms with Crippen LogP contribution in [0.1, 0.15) is 51.0 Å². The molecule has 2 amide bonds. The summed E-state index contributed by atoms with van der Waals surface area (Å²) in [6, 6.07) is 14.1. The Morgan fingerprint density at radius 3 is 2.29 bits per heavy atom. The van der Waals surface area contributed by atoms with Crippen LogP contribution in [0.15, 0.2) is 53.5 Å². The second-order valence-corrected chi connectivity index (χ2v) is 12.6. The SMILES string of the molecule is Nc1ccc(N2CCN(C3CCC4(CCN(c5ccc6cnn(C7CCC(=O)NC7=O)c(=O)c6c5)CC4)C3)CC2)cc1. The summed E-state index contributed by atoms with van der Waals surface area (Å²) in [5, 5.41) is 7.92. The van der Waals surface area contributed by atoms with Crippen LogP contribution in [0.4, 0.5) is 17.1 Å². The van der Waals surface area contributed by atoms with Crippen LogP contribution in [0.25, 0.3) is 10.8 Å². The van der Waals surface area contributed by atoms with Gasteiger partial charge in [-0.05, 0) is 80.3 Å². The van der Waals surface area contributed by atoms with Crippen molar-refractivity contribution in [1.82, 2.24) is 20.0 Å². The van der Waals surface area contributed by atoms with E-state index < -0.39 is 11.9 Å². The summed E-state index contributed by atoms with van der Waals surface area (Å²) < 4.78 is 1.24. The number of nitrogen functional groups attached to an aromatic ring is 1. The number of nitrogens with zero attached hydrogens (tertiary/aromatic N) is 5. The van der Waals surface area contributed by atoms with Crippen LogP contribution >= 0.6 is 0 Å². The van der Waals surface area contributed by atoms with Crippen molar-refractivity contribution < 1.29 is 9.59 Å². The van der Waals surface area contributed by atoms with E-state index >= 15 is 0 Å². The molecule has 42 heavy (non-hydrogen) atoms. The monoisotopic (exact) mass is 569 g/mol. The van der Waals surface area contributed by atoms with Gasteiger partial charge in [-0.25, -0.2) is 4.68 Å². The summed E-state index contributed by atoms with van der Waals surface area (Å²) in [5.74, 6) is -0.767. The van der Waals surface area contributed by atoms with E-state index in [4.69, 9.17) is 5.73 Å². The Hall–Kier alpha value is -3.92. The van der Waals surface area contributed by atoms with Crippen LogP contribution in [0.3, 0.4) is 0 Å². The molecule has 2 atom stereocenters. The highest BCUT2D eigenvalue weighted by atomic mass is 16.2. The van der Waals surface area contributed by atoms with Crippen LogP contribution in [0, 0.1) is 5.41 Å². The summed E-state index contributed by atoms with van der Waals surface area (Å²) in [5.41, 5.74) is 9.12. The lowest BCUT2D eigenvalue weighted by atomic mass is 9.76. The third kappa shape index (κ3) is 5.02. The van der Waals surface area contributed by atoms with Crippen molar-refractivity contribution in [1.29, 1.82) is 0 Å². The van der Waals surface area contributed by atoms with Crippen LogP contribution in [0.5, 0.6) is 0 Å². The first-order valence-corrected chi connectivity index (χ1v) is 15.3. The molecular weight excluding hydrogens is 530 g/mol. The lowest BCUT2D eigenvalue weighted by Crippen LogP contribution is -2.50. The molecule has 4 fully saturated rings. The summed E-state index contributed by atoms with van der Waals surface area (Å²) in [4.78, 5) is 45.0. The molecule has 220 valence electrons. The van der Waals surface area contributed by atoms with Crippen LogP contribution in [0.2, 0.25) is 0 Å². The number of carbonyl (C=O) groups is 2. The van der Waals surface area contributed by atoms with E-state index in [1.54, 1.807) is 6.20 Å². The molecule has 4 aliphatic rings. The number of hydrogen-bond acceptors (Lipinski definition) is 8. The average molecular weight is 570 g/mol. The second kappa shape index (κ2) is 10.7. The Bertz CT molecular complexity index is 1550. The van der Waals surface area contributed by atoms with Gasteiger partial charge in [0.05, 0.1) is 11.6 Å². The molecule has 1 aromatic heterocycles. The smallest absolute Gasteiger partial charge is 0.275 e. The van der Waals surface area contributed by atoms with Gasteiger partial charge >= 0.3 is 0 Å². The molecule has 0 bridgehead atoms. The van der Waals surface area contributed by atoms with Gasteiger partial charge in [0.1, 0.15) is 6.04 Å². The number of carbonyl (C=O) groups excluding carboxylic acids is 2. The van der Waals surface area contributed by atoms with Gasteiger partial charge in [-0.1, -0.05) is 6.07 Å². The van der Waals surface area contributed by atoms with E-state index in [2.05, 4.69) is 43.3 Å². The molecule has 7 rings (SSSR count). The van der Waals surface area contributed by atoms with E-state index in [9.17, 15) is 14.4 Å². The van der Waals surface area contributed by atoms with Crippen LogP contribution < -0.4 is 26.4 Å². The van der Waals surface area contributed by atoms with Crippen molar-refractivity contribution in [3.63, 3.8) is 0 Å². The van der Waals surface area contributed by atoms with Crippen molar-refractivity contribution in [2.24, 2.45) is 5.41 Å². The summed E-state index contributed by atoms with van der Waals surface area (Å²) in [6.07, 6.45) is 8.34. The zero-order valence-corrected chi connectivity index (χ0v) is 24.0. The van der Waals surface area contributed by atoms with Crippen molar-refractivity contribution in [2.75, 3.05) is 54.8 Å². The number of piperidine rings is 2. The number of benzene rings is 2. The fourth-order valence-electron chi connectivity index (χ4n) is 7.69. The molecule has 3 N–H and O–H groups in total. The van der Waals surface area contributed by atoms with E-state index in [1.807, 2.05) is 24.3 Å². The fourth-order valence-corrected chi connectivity index (χ4v) is 7.69. The van der Waals surface area contributed by atoms with E-state index in [1.165, 1.54) is 42.5 Å². The average Bonchev–Trinajstić information content (AvgIpc) is 3.42. The van der Waals surface area contributed by atoms with Gasteiger partial charge in [-0.3, -0.25) is 24.6 Å². The third-order valence-electron chi connectivity index (χ3n) is 10.3. The normalized spacial score (nSPS) is 24.9. The number of rotatable bonds is 4. The number of amides is 2. The highest BCUT2D eigenvalue weighted by Crippen LogP contribution is 2.48. The number of nitrogens with two attached hydrogens (primary N) is 1. The molecule has 1 aliphatic carbocycles. The van der Waals surface area contributed by atoms with Crippen LogP contribution in [-0.4, -0.2) is 71.8 Å². The number of fused-ring (bicyclic) bond motifs is 1. The minimum atomic E-state index is -0.755. The molecule has 3 aliphatic heterocycles. The zero-order chi connectivity index (χ0) is 28.8. The largest absolute Gasteiger partial charge is 0.399 e. The van der Waals surface area contributed by atoms with Crippen molar-refractivity contribution in [2.45, 2.75) is 57.0 Å². The van der Waals surface area contributed by atoms with E-state index in [-0.39, 0.29) is 24.3 Å². The minimum Gasteiger partial charge on any atom is -0.399 e. The molecule has 0 radical (unpaired) electrons. The second-order valence-electron chi connectivity index (χ2n) is 12.6. The summed E-state index contributed by atoms with van der Waals surface area (Å²) >= 11 is 0. The lowest BCUT2D eigenvalue weighted by Gasteiger charge is -2.42. The number of imide groups is 1. The first-order valence-electron chi connectivity index (χ1n) is 15.3. The van der Waals surface area contributed by atoms with E-state index in [0.717, 1.165) is 56.0 Å². The molecule has 10 heteroatoms. The molecule has 4 heterocycles. The van der Waals surface area contributed by atoms with Crippen molar-refractivity contribution >= 4 is 39.6 Å². The first-order chi connectivity index (χ1) is 20.4. The number of hydrogen-bond donors (Lipinski definition) is 2. The molecule has 10 nitrogen and oxygen atoms in total. The van der Waals surface area contributed by atoms with Gasteiger partial charge < -0.3 is 15.5 Å². The van der Waals surface area contributed by atoms with Gasteiger partial charge in [0, 0.05) is 74.2 Å². The molecule has 2 unspecified atom stereocenters. The highest BCUT2D eigenvalue weighted by molar-refractivity contribution is 5.99. The molecule has 3 saturated heterocycles. The molecule has 1 spiro atoms. The quantitative estimate of drug-likeness (QED) is 0.364. The Kier molecular flexibility index (Phi) is 6.88. The molecule has 1 saturated carbocycles. The lowest BCUT2D eigenvalue weighted by molar-refractivity contribution is -0.136. The zero-order valence-electron chi connectivity index (χ0n) is 24.0. The van der Waals surface area contributed by atoms with E-state index in [0.29, 0.717) is 16.8 Å². The van der Waals surface area contributed by atoms with Gasteiger partial charge in [0.2, 0.25) is 5.91 Å². The van der Waals surface area contributed by atoms with Gasteiger partial charge in [-0.15, -0.1) is 0 Å². The van der Waals surface area contributed by atoms with Crippen molar-refractivity contribution in [3.8, 4) is 0 Å². The number of aromatic nitrogens is 2. The van der Waals surface area contributed by atoms with Crippen LogP contribution in [-0.2, 0) is 9.59 Å². The third-order valence-corrected chi connectivity index (χ3v) is 10.3. The molecular formula is C32H39N7O3. The van der Waals surface area contributed by atoms with Gasteiger partial charge in [0.25, 0.3) is 11.5 Å². The number of anilines is 3. The standard InChI is InChI=1S/C32H39N7O3/c33-23-2-5-24(6-3-23)37-15-17-38(18-16-37)26-9-10-32(20-26)11-13-36(14-12-32)25-4-1-22-21-34-39(31(42)27(22)19-25)28-7-8-29(40)35-30(28)41/h1-6,19,21,26,28H,7-18,20,33H2,(H,35,40,41). The molecule has 2 aromatic carbocycles. The van der Waals surface area contributed by atoms with Gasteiger partial charge in [-0.2, -0.15) is 5.10 Å². The summed E-state index contributed by atoms with van der Waals surface area (Å²) in [6.45, 7) is 6.30. The minimum absolute atomic E-state index is 0.207. The molecule has 3 aromatic rings. The first kappa shape index (κ1) is 26.9. The maximum absolute atomic E-state index is 13.4. The van der Waals surface area contributed by atoms with Gasteiger partial charge in [0.15, 0.2) is 0 Å². The Morgan fingerprint density at radius 2 is 1.55 bits per heavy atom. The Morgan fingerprint density at radius 1 is 0.833 bits per heavy atom. The fraction of sp³-hybridized carbons (Fsp3) is 0.500. The number of nitrogens with one attached hydrogen (secondary N) is 1.